The zero-order chi connectivity index (χ0) is 19.4. The lowest BCUT2D eigenvalue weighted by Crippen LogP contribution is -2.40. The molecule has 1 aliphatic rings. The van der Waals surface area contributed by atoms with Gasteiger partial charge in [-0.3, -0.25) is 14.4 Å². The Balaban J connectivity index is 1.60. The smallest absolute Gasteiger partial charge is 0.229 e. The molecule has 2 aromatic rings. The highest BCUT2D eigenvalue weighted by Crippen LogP contribution is 2.27. The molecule has 1 aromatic heterocycles. The van der Waals surface area contributed by atoms with Crippen molar-refractivity contribution in [3.63, 3.8) is 0 Å². The van der Waals surface area contributed by atoms with Crippen LogP contribution >= 0.6 is 0 Å². The number of aromatic nitrogens is 2. The lowest BCUT2D eigenvalue weighted by molar-refractivity contribution is 0.0678. The zero-order valence-corrected chi connectivity index (χ0v) is 16.5. The molecule has 0 radical (unpaired) electrons. The Morgan fingerprint density at radius 2 is 1.93 bits per heavy atom. The van der Waals surface area contributed by atoms with E-state index in [1.165, 1.54) is 0 Å². The predicted octanol–water partition coefficient (Wildman–Crippen LogP) is 2.76. The fourth-order valence-corrected chi connectivity index (χ4v) is 4.28. The monoisotopic (exact) mass is 390 g/mol. The third-order valence-corrected chi connectivity index (χ3v) is 5.64. The molecule has 8 heteroatoms. The van der Waals surface area contributed by atoms with E-state index >= 15 is 0 Å². The van der Waals surface area contributed by atoms with Crippen molar-refractivity contribution in [2.75, 3.05) is 24.1 Å². The Kier molecular flexibility index (Phi) is 5.96. The molecule has 1 N–H and O–H groups in total. The number of anilines is 1. The highest BCUT2D eigenvalue weighted by molar-refractivity contribution is 7.92. The summed E-state index contributed by atoms with van der Waals surface area (Å²) in [5.41, 5.74) is 1.10. The number of piperidine rings is 1. The van der Waals surface area contributed by atoms with Gasteiger partial charge in [-0.25, -0.2) is 13.4 Å². The molecule has 2 heterocycles. The van der Waals surface area contributed by atoms with Crippen LogP contribution in [0, 0.1) is 5.92 Å². The molecule has 0 bridgehead atoms. The van der Waals surface area contributed by atoms with E-state index in [1.807, 2.05) is 12.5 Å². The SMILES string of the molecule is CCC(N1CCC(C(=O)c2ccc(NS(C)(=O)=O)cc2)CC1)n1ccnc1. The third-order valence-electron chi connectivity index (χ3n) is 5.03. The fourth-order valence-electron chi connectivity index (χ4n) is 3.72. The fraction of sp³-hybridized carbons (Fsp3) is 0.474. The van der Waals surface area contributed by atoms with Gasteiger partial charge in [0.1, 0.15) is 0 Å². The number of hydrogen-bond donors (Lipinski definition) is 1. The van der Waals surface area contributed by atoms with E-state index < -0.39 is 10.0 Å². The van der Waals surface area contributed by atoms with Crippen LogP contribution < -0.4 is 4.72 Å². The van der Waals surface area contributed by atoms with Crippen molar-refractivity contribution in [1.82, 2.24) is 14.5 Å². The molecule has 0 amide bonds. The van der Waals surface area contributed by atoms with Crippen molar-refractivity contribution in [2.45, 2.75) is 32.4 Å². The third kappa shape index (κ3) is 4.95. The quantitative estimate of drug-likeness (QED) is 0.735. The van der Waals surface area contributed by atoms with Gasteiger partial charge in [0.05, 0.1) is 18.7 Å². The summed E-state index contributed by atoms with van der Waals surface area (Å²) >= 11 is 0. The molecule has 0 saturated carbocycles. The van der Waals surface area contributed by atoms with Crippen molar-refractivity contribution in [2.24, 2.45) is 5.92 Å². The summed E-state index contributed by atoms with van der Waals surface area (Å²) in [6, 6.07) is 6.66. The van der Waals surface area contributed by atoms with Gasteiger partial charge in [-0.2, -0.15) is 0 Å². The first-order valence-electron chi connectivity index (χ1n) is 9.21. The van der Waals surface area contributed by atoms with E-state index in [0.717, 1.165) is 38.6 Å². The van der Waals surface area contributed by atoms with E-state index in [4.69, 9.17) is 0 Å². The molecule has 1 fully saturated rings. The van der Waals surface area contributed by atoms with E-state index in [9.17, 15) is 13.2 Å². The maximum absolute atomic E-state index is 12.8. The second-order valence-electron chi connectivity index (χ2n) is 7.02. The van der Waals surface area contributed by atoms with E-state index in [-0.39, 0.29) is 17.9 Å². The second kappa shape index (κ2) is 8.22. The molecule has 7 nitrogen and oxygen atoms in total. The minimum Gasteiger partial charge on any atom is -0.321 e. The van der Waals surface area contributed by atoms with Crippen LogP contribution in [0.25, 0.3) is 0 Å². The first-order chi connectivity index (χ1) is 12.9. The van der Waals surface area contributed by atoms with Crippen LogP contribution in [-0.2, 0) is 10.0 Å². The van der Waals surface area contributed by atoms with Crippen LogP contribution in [0.1, 0.15) is 42.7 Å². The lowest BCUT2D eigenvalue weighted by Gasteiger charge is -2.37. The summed E-state index contributed by atoms with van der Waals surface area (Å²) in [4.78, 5) is 19.3. The molecule has 1 atom stereocenters. The number of hydrogen-bond acceptors (Lipinski definition) is 5. The summed E-state index contributed by atoms with van der Waals surface area (Å²) in [6.45, 7) is 3.91. The minimum absolute atomic E-state index is 0.00950. The Hall–Kier alpha value is -2.19. The number of carbonyl (C=O) groups excluding carboxylic acids is 1. The molecular weight excluding hydrogens is 364 g/mol. The van der Waals surface area contributed by atoms with Crippen LogP contribution in [-0.4, -0.2) is 48.0 Å². The van der Waals surface area contributed by atoms with E-state index in [0.29, 0.717) is 11.3 Å². The number of ketones is 1. The molecular formula is C19H26N4O3S. The number of nitrogens with one attached hydrogen (secondary N) is 1. The predicted molar refractivity (Wildman–Crippen MR) is 105 cm³/mol. The van der Waals surface area contributed by atoms with Crippen LogP contribution in [0.3, 0.4) is 0 Å². The average Bonchev–Trinajstić information content (AvgIpc) is 3.16. The Morgan fingerprint density at radius 3 is 2.44 bits per heavy atom. The van der Waals surface area contributed by atoms with Crippen LogP contribution in [0.2, 0.25) is 0 Å². The Bertz CT molecular complexity index is 855. The number of nitrogens with zero attached hydrogens (tertiary/aromatic N) is 3. The first-order valence-corrected chi connectivity index (χ1v) is 11.1. The maximum atomic E-state index is 12.8. The summed E-state index contributed by atoms with van der Waals surface area (Å²) in [6.07, 6.45) is 9.65. The van der Waals surface area contributed by atoms with E-state index in [1.54, 1.807) is 30.5 Å². The lowest BCUT2D eigenvalue weighted by atomic mass is 9.88. The number of imidazole rings is 1. The molecule has 1 aromatic carbocycles. The molecule has 146 valence electrons. The second-order valence-corrected chi connectivity index (χ2v) is 8.77. The van der Waals surface area contributed by atoms with Crippen LogP contribution in [0.4, 0.5) is 5.69 Å². The zero-order valence-electron chi connectivity index (χ0n) is 15.7. The van der Waals surface area contributed by atoms with Gasteiger partial charge in [0.25, 0.3) is 0 Å². The normalized spacial score (nSPS) is 17.6. The van der Waals surface area contributed by atoms with Gasteiger partial charge in [-0.1, -0.05) is 6.92 Å². The molecule has 1 aliphatic heterocycles. The highest BCUT2D eigenvalue weighted by atomic mass is 32.2. The van der Waals surface area contributed by atoms with Gasteiger partial charge < -0.3 is 4.57 Å². The van der Waals surface area contributed by atoms with Gasteiger partial charge >= 0.3 is 0 Å². The molecule has 27 heavy (non-hydrogen) atoms. The van der Waals surface area contributed by atoms with Crippen molar-refractivity contribution in [3.8, 4) is 0 Å². The maximum Gasteiger partial charge on any atom is 0.229 e. The number of likely N-dealkylation sites (tertiary alicyclic amines) is 1. The summed E-state index contributed by atoms with van der Waals surface area (Å²) in [5, 5.41) is 0. The van der Waals surface area contributed by atoms with E-state index in [2.05, 4.69) is 26.1 Å². The standard InChI is InChI=1S/C19H26N4O3S/c1-3-18(23-13-10-20-14-23)22-11-8-16(9-12-22)19(24)15-4-6-17(7-5-15)21-27(2,25)26/h4-7,10,13-14,16,18,21H,3,8-9,11-12H2,1-2H3. The van der Waals surface area contributed by atoms with Crippen molar-refractivity contribution in [1.29, 1.82) is 0 Å². The Morgan fingerprint density at radius 1 is 1.26 bits per heavy atom. The van der Waals surface area contributed by atoms with Crippen LogP contribution in [0.15, 0.2) is 43.0 Å². The Labute approximate surface area is 160 Å². The number of Topliss-reactive ketones (excluding diaryl/α,β-unsaturated/α-hetero) is 1. The number of benzene rings is 1. The summed E-state index contributed by atoms with van der Waals surface area (Å²) in [7, 11) is -3.31. The molecule has 1 saturated heterocycles. The molecule has 3 rings (SSSR count). The average molecular weight is 391 g/mol. The van der Waals surface area contributed by atoms with Crippen molar-refractivity contribution in [3.05, 3.63) is 48.5 Å². The topological polar surface area (TPSA) is 84.3 Å². The molecule has 0 aliphatic carbocycles. The van der Waals surface area contributed by atoms with Gasteiger partial charge in [0.2, 0.25) is 10.0 Å². The van der Waals surface area contributed by atoms with Gasteiger partial charge in [-0.05, 0) is 43.5 Å². The van der Waals surface area contributed by atoms with Gasteiger partial charge in [0.15, 0.2) is 5.78 Å². The van der Waals surface area contributed by atoms with Crippen molar-refractivity contribution < 1.29 is 13.2 Å². The van der Waals surface area contributed by atoms with Crippen molar-refractivity contribution >= 4 is 21.5 Å². The first kappa shape index (κ1) is 19.6. The summed E-state index contributed by atoms with van der Waals surface area (Å²) in [5.74, 6) is 0.145. The van der Waals surface area contributed by atoms with Gasteiger partial charge in [-0.15, -0.1) is 0 Å². The van der Waals surface area contributed by atoms with Gasteiger partial charge in [0, 0.05) is 42.7 Å². The molecule has 0 spiro atoms. The minimum atomic E-state index is -3.31. The molecule has 1 unspecified atom stereocenters. The number of carbonyl (C=O) groups is 1. The number of rotatable bonds is 7. The van der Waals surface area contributed by atoms with Crippen LogP contribution in [0.5, 0.6) is 0 Å². The largest absolute Gasteiger partial charge is 0.321 e. The highest BCUT2D eigenvalue weighted by Gasteiger charge is 2.29. The summed E-state index contributed by atoms with van der Waals surface area (Å²) < 4.78 is 27.1. The number of sulfonamides is 1.